The summed E-state index contributed by atoms with van der Waals surface area (Å²) in [5.74, 6) is 0. The van der Waals surface area contributed by atoms with Crippen LogP contribution in [0, 0.1) is 6.92 Å². The Kier molecular flexibility index (Phi) is 3.95. The number of aliphatic hydroxyl groups excluding tert-OH is 1. The zero-order chi connectivity index (χ0) is 15.1. The molecule has 1 heterocycles. The number of aryl methyl sites for hydroxylation is 2. The van der Waals surface area contributed by atoms with Gasteiger partial charge in [-0.3, -0.25) is 0 Å². The lowest BCUT2D eigenvalue weighted by atomic mass is 10.0. The van der Waals surface area contributed by atoms with Crippen molar-refractivity contribution >= 4 is 28.6 Å². The van der Waals surface area contributed by atoms with E-state index >= 15 is 0 Å². The van der Waals surface area contributed by atoms with E-state index in [2.05, 4.69) is 13.0 Å². The minimum absolute atomic E-state index is 0.349. The van der Waals surface area contributed by atoms with Crippen molar-refractivity contribution in [2.75, 3.05) is 19.0 Å². The van der Waals surface area contributed by atoms with Gasteiger partial charge in [0.25, 0.3) is 0 Å². The number of fused-ring (bicyclic) bond motifs is 1. The van der Waals surface area contributed by atoms with Crippen molar-refractivity contribution in [2.24, 2.45) is 0 Å². The number of aliphatic hydroxyl groups is 1. The maximum Gasteiger partial charge on any atom is 0.124 e. The van der Waals surface area contributed by atoms with Gasteiger partial charge in [-0.2, -0.15) is 0 Å². The van der Waals surface area contributed by atoms with Crippen molar-refractivity contribution in [2.45, 2.75) is 32.3 Å². The number of hydrogen-bond donors (Lipinski definition) is 1. The van der Waals surface area contributed by atoms with Crippen LogP contribution in [0.2, 0.25) is 5.02 Å². The highest BCUT2D eigenvalue weighted by atomic mass is 35.5. The molecule has 0 radical (unpaired) electrons. The molecule has 3 rings (SSSR count). The first kappa shape index (κ1) is 14.8. The Morgan fingerprint density at radius 2 is 2.14 bits per heavy atom. The van der Waals surface area contributed by atoms with Gasteiger partial charge in [0.2, 0.25) is 0 Å². The molecule has 112 valence electrons. The summed E-state index contributed by atoms with van der Waals surface area (Å²) in [6, 6.07) is 4.10. The average Bonchev–Trinajstić information content (AvgIpc) is 2.82. The highest BCUT2D eigenvalue weighted by Gasteiger charge is 2.23. The maximum absolute atomic E-state index is 10.1. The van der Waals surface area contributed by atoms with E-state index in [4.69, 9.17) is 16.6 Å². The predicted octanol–water partition coefficient (Wildman–Crippen LogP) is 4.21. The number of aromatic nitrogens is 1. The van der Waals surface area contributed by atoms with E-state index in [0.717, 1.165) is 56.7 Å². The molecule has 1 aliphatic carbocycles. The van der Waals surface area contributed by atoms with Crippen molar-refractivity contribution in [3.8, 4) is 10.6 Å². The van der Waals surface area contributed by atoms with Gasteiger partial charge in [-0.05, 0) is 43.9 Å². The lowest BCUT2D eigenvalue weighted by Gasteiger charge is -2.18. The molecule has 0 spiro atoms. The van der Waals surface area contributed by atoms with Crippen LogP contribution in [0.15, 0.2) is 12.1 Å². The Morgan fingerprint density at radius 3 is 2.76 bits per heavy atom. The van der Waals surface area contributed by atoms with Gasteiger partial charge in [-0.1, -0.05) is 11.6 Å². The molecule has 0 amide bonds. The predicted molar refractivity (Wildman–Crippen MR) is 89.5 cm³/mol. The monoisotopic (exact) mass is 322 g/mol. The summed E-state index contributed by atoms with van der Waals surface area (Å²) >= 11 is 8.02. The Bertz CT molecular complexity index is 658. The zero-order valence-corrected chi connectivity index (χ0v) is 14.1. The van der Waals surface area contributed by atoms with Crippen LogP contribution in [0.4, 0.5) is 5.69 Å². The molecule has 3 nitrogen and oxygen atoms in total. The van der Waals surface area contributed by atoms with Crippen molar-refractivity contribution < 1.29 is 5.11 Å². The fourth-order valence-corrected chi connectivity index (χ4v) is 4.50. The third-order valence-corrected chi connectivity index (χ3v) is 5.41. The second-order valence-corrected chi connectivity index (χ2v) is 7.19. The van der Waals surface area contributed by atoms with E-state index in [9.17, 15) is 5.11 Å². The molecule has 0 aliphatic heterocycles. The smallest absolute Gasteiger partial charge is 0.124 e. The Labute approximate surface area is 134 Å². The molecular weight excluding hydrogens is 304 g/mol. The van der Waals surface area contributed by atoms with E-state index in [1.807, 2.05) is 25.1 Å². The van der Waals surface area contributed by atoms with Crippen molar-refractivity contribution in [1.82, 2.24) is 4.98 Å². The molecule has 1 aromatic carbocycles. The molecule has 0 bridgehead atoms. The van der Waals surface area contributed by atoms with Gasteiger partial charge in [-0.25, -0.2) is 4.98 Å². The second kappa shape index (κ2) is 5.59. The average molecular weight is 323 g/mol. The summed E-state index contributed by atoms with van der Waals surface area (Å²) < 4.78 is 0. The lowest BCUT2D eigenvalue weighted by molar-refractivity contribution is 0.160. The second-order valence-electron chi connectivity index (χ2n) is 5.76. The number of thiazole rings is 1. The van der Waals surface area contributed by atoms with Crippen molar-refractivity contribution in [3.63, 3.8) is 0 Å². The number of benzene rings is 1. The molecule has 0 saturated carbocycles. The first-order chi connectivity index (χ1) is 9.97. The molecule has 0 fully saturated rings. The van der Waals surface area contributed by atoms with Crippen LogP contribution in [-0.4, -0.2) is 24.2 Å². The van der Waals surface area contributed by atoms with Crippen LogP contribution in [0.1, 0.15) is 35.1 Å². The highest BCUT2D eigenvalue weighted by molar-refractivity contribution is 7.15. The van der Waals surface area contributed by atoms with Crippen LogP contribution in [0.25, 0.3) is 10.6 Å². The van der Waals surface area contributed by atoms with Gasteiger partial charge >= 0.3 is 0 Å². The summed E-state index contributed by atoms with van der Waals surface area (Å²) in [5.41, 5.74) is 4.27. The van der Waals surface area contributed by atoms with Gasteiger partial charge in [0, 0.05) is 19.7 Å². The molecule has 21 heavy (non-hydrogen) atoms. The molecule has 1 aliphatic rings. The number of hydrogen-bond acceptors (Lipinski definition) is 4. The summed E-state index contributed by atoms with van der Waals surface area (Å²) in [6.07, 6.45) is 2.47. The van der Waals surface area contributed by atoms with Crippen molar-refractivity contribution in [1.29, 1.82) is 0 Å². The van der Waals surface area contributed by atoms with Crippen LogP contribution in [0.3, 0.4) is 0 Å². The van der Waals surface area contributed by atoms with Crippen LogP contribution < -0.4 is 4.90 Å². The first-order valence-corrected chi connectivity index (χ1v) is 8.32. The van der Waals surface area contributed by atoms with Crippen LogP contribution in [0.5, 0.6) is 0 Å². The quantitative estimate of drug-likeness (QED) is 0.900. The molecule has 1 atom stereocenters. The summed E-state index contributed by atoms with van der Waals surface area (Å²) in [5, 5.41) is 11.8. The highest BCUT2D eigenvalue weighted by Crippen LogP contribution is 2.40. The largest absolute Gasteiger partial charge is 0.388 e. The SMILES string of the molecule is Cc1cc(-c2nc3c(s2)C(O)CCC3)cc(Cl)c1N(C)C. The molecular formula is C16H19ClN2OS. The Balaban J connectivity index is 2.05. The zero-order valence-electron chi connectivity index (χ0n) is 12.5. The lowest BCUT2D eigenvalue weighted by Crippen LogP contribution is -2.10. The molecule has 2 aromatic rings. The third kappa shape index (κ3) is 2.68. The van der Waals surface area contributed by atoms with E-state index in [1.165, 1.54) is 0 Å². The molecule has 0 saturated heterocycles. The molecule has 5 heteroatoms. The Morgan fingerprint density at radius 1 is 1.38 bits per heavy atom. The molecule has 1 aromatic heterocycles. The molecule has 1 unspecified atom stereocenters. The van der Waals surface area contributed by atoms with E-state index in [-0.39, 0.29) is 6.10 Å². The fourth-order valence-electron chi connectivity index (χ4n) is 2.95. The maximum atomic E-state index is 10.1. The van der Waals surface area contributed by atoms with Gasteiger partial charge in [0.15, 0.2) is 0 Å². The van der Waals surface area contributed by atoms with Gasteiger partial charge in [0.1, 0.15) is 5.01 Å². The summed E-state index contributed by atoms with van der Waals surface area (Å²) in [7, 11) is 3.98. The minimum Gasteiger partial charge on any atom is -0.388 e. The van der Waals surface area contributed by atoms with E-state index in [0.29, 0.717) is 0 Å². The van der Waals surface area contributed by atoms with Crippen LogP contribution in [-0.2, 0) is 6.42 Å². The van der Waals surface area contributed by atoms with E-state index < -0.39 is 0 Å². The van der Waals surface area contributed by atoms with E-state index in [1.54, 1.807) is 11.3 Å². The molecule has 1 N–H and O–H groups in total. The van der Waals surface area contributed by atoms with Gasteiger partial charge in [0.05, 0.1) is 27.4 Å². The van der Waals surface area contributed by atoms with Crippen molar-refractivity contribution in [3.05, 3.63) is 33.3 Å². The standard InChI is InChI=1S/C16H19ClN2OS/c1-9-7-10(8-11(17)14(9)19(2)3)16-18-12-5-4-6-13(20)15(12)21-16/h7-8,13,20H,4-6H2,1-3H3. The minimum atomic E-state index is -0.349. The van der Waals surface area contributed by atoms with Gasteiger partial charge in [-0.15, -0.1) is 11.3 Å². The number of nitrogens with zero attached hydrogens (tertiary/aromatic N) is 2. The third-order valence-electron chi connectivity index (χ3n) is 3.87. The normalized spacial score (nSPS) is 17.7. The number of anilines is 1. The summed E-state index contributed by atoms with van der Waals surface area (Å²) in [4.78, 5) is 7.77. The number of halogens is 1. The van der Waals surface area contributed by atoms with Crippen LogP contribution >= 0.6 is 22.9 Å². The number of rotatable bonds is 2. The van der Waals surface area contributed by atoms with Gasteiger partial charge < -0.3 is 10.0 Å². The first-order valence-electron chi connectivity index (χ1n) is 7.13. The Hall–Kier alpha value is -1.10. The topological polar surface area (TPSA) is 36.4 Å². The summed E-state index contributed by atoms with van der Waals surface area (Å²) in [6.45, 7) is 2.06. The fraction of sp³-hybridized carbons (Fsp3) is 0.438.